The van der Waals surface area contributed by atoms with Gasteiger partial charge in [0.05, 0.1) is 6.42 Å². The molecule has 19 heavy (non-hydrogen) atoms. The van der Waals surface area contributed by atoms with Gasteiger partial charge in [-0.2, -0.15) is 17.4 Å². The fourth-order valence-electron chi connectivity index (χ4n) is 1.92. The topological polar surface area (TPSA) is 130 Å². The molecule has 1 saturated heterocycles. The third-order valence-corrected chi connectivity index (χ3v) is 4.53. The van der Waals surface area contributed by atoms with Crippen LogP contribution in [0, 0.1) is 0 Å². The Hall–Kier alpha value is -1.19. The second kappa shape index (κ2) is 6.83. The Morgan fingerprint density at radius 1 is 1.21 bits per heavy atom. The Balaban J connectivity index is 2.74. The van der Waals surface area contributed by atoms with E-state index in [9.17, 15) is 18.0 Å². The predicted octanol–water partition coefficient (Wildman–Crippen LogP) is -0.975. The van der Waals surface area contributed by atoms with E-state index in [0.29, 0.717) is 13.1 Å². The minimum Gasteiger partial charge on any atom is -0.480 e. The molecule has 4 N–H and O–H groups in total. The summed E-state index contributed by atoms with van der Waals surface area (Å²) in [5.74, 6) is -2.29. The average Bonchev–Trinajstić information content (AvgIpc) is 2.55. The Labute approximate surface area is 112 Å². The summed E-state index contributed by atoms with van der Waals surface area (Å²) in [6.07, 6.45) is 2.83. The average molecular weight is 293 g/mol. The summed E-state index contributed by atoms with van der Waals surface area (Å²) in [5.41, 5.74) is 4.90. The highest BCUT2D eigenvalue weighted by atomic mass is 32.2. The molecule has 1 fully saturated rings. The fraction of sp³-hybridized carbons (Fsp3) is 0.800. The lowest BCUT2D eigenvalue weighted by Gasteiger charge is -2.22. The normalized spacial score (nSPS) is 19.6. The molecule has 1 rings (SSSR count). The summed E-state index contributed by atoms with van der Waals surface area (Å²) < 4.78 is 27.3. The summed E-state index contributed by atoms with van der Waals surface area (Å²) in [5, 5.41) is 8.89. The van der Waals surface area contributed by atoms with E-state index >= 15 is 0 Å². The number of primary amides is 1. The van der Waals surface area contributed by atoms with Gasteiger partial charge >= 0.3 is 5.97 Å². The van der Waals surface area contributed by atoms with Crippen molar-refractivity contribution in [2.24, 2.45) is 5.73 Å². The van der Waals surface area contributed by atoms with Gasteiger partial charge in [-0.15, -0.1) is 0 Å². The van der Waals surface area contributed by atoms with Crippen molar-refractivity contribution in [1.29, 1.82) is 0 Å². The van der Waals surface area contributed by atoms with E-state index in [0.717, 1.165) is 25.7 Å². The summed E-state index contributed by atoms with van der Waals surface area (Å²) in [6, 6.07) is -1.52. The Bertz CT molecular complexity index is 428. The van der Waals surface area contributed by atoms with Crippen LogP contribution >= 0.6 is 0 Å². The van der Waals surface area contributed by atoms with Crippen molar-refractivity contribution in [2.75, 3.05) is 13.1 Å². The first-order chi connectivity index (χ1) is 8.83. The second-order valence-electron chi connectivity index (χ2n) is 4.50. The van der Waals surface area contributed by atoms with Gasteiger partial charge in [0.15, 0.2) is 0 Å². The summed E-state index contributed by atoms with van der Waals surface area (Å²) in [6.45, 7) is 0.719. The van der Waals surface area contributed by atoms with Gasteiger partial charge in [0.1, 0.15) is 6.04 Å². The first-order valence-corrected chi connectivity index (χ1v) is 7.55. The maximum absolute atomic E-state index is 12.0. The number of hydrogen-bond donors (Lipinski definition) is 3. The Kier molecular flexibility index (Phi) is 5.70. The van der Waals surface area contributed by atoms with Crippen molar-refractivity contribution in [1.82, 2.24) is 9.03 Å². The lowest BCUT2D eigenvalue weighted by atomic mass is 10.2. The van der Waals surface area contributed by atoms with Crippen LogP contribution in [-0.4, -0.2) is 48.8 Å². The Morgan fingerprint density at radius 3 is 2.16 bits per heavy atom. The molecule has 1 heterocycles. The SMILES string of the molecule is NC(=O)C[C@@H](NS(=O)(=O)N1CCCCCC1)C(=O)O. The number of carboxylic acid groups (broad SMARTS) is 1. The van der Waals surface area contributed by atoms with Crippen molar-refractivity contribution in [3.63, 3.8) is 0 Å². The van der Waals surface area contributed by atoms with Gasteiger partial charge in [-0.25, -0.2) is 0 Å². The zero-order valence-corrected chi connectivity index (χ0v) is 11.4. The molecule has 0 bridgehead atoms. The molecule has 1 aliphatic heterocycles. The molecule has 0 aliphatic carbocycles. The molecular formula is C10H19N3O5S. The van der Waals surface area contributed by atoms with Crippen LogP contribution in [0.25, 0.3) is 0 Å². The van der Waals surface area contributed by atoms with E-state index in [1.54, 1.807) is 0 Å². The van der Waals surface area contributed by atoms with Gasteiger partial charge < -0.3 is 10.8 Å². The van der Waals surface area contributed by atoms with Crippen LogP contribution in [-0.2, 0) is 19.8 Å². The molecule has 8 nitrogen and oxygen atoms in total. The maximum atomic E-state index is 12.0. The molecular weight excluding hydrogens is 274 g/mol. The molecule has 0 aromatic heterocycles. The molecule has 0 spiro atoms. The number of carbonyl (C=O) groups excluding carboxylic acids is 1. The standard InChI is InChI=1S/C10H19N3O5S/c11-9(14)7-8(10(15)16)12-19(17,18)13-5-3-1-2-4-6-13/h8,12H,1-7H2,(H2,11,14)(H,15,16)/t8-/m1/s1. The third-order valence-electron chi connectivity index (χ3n) is 2.90. The number of nitrogens with one attached hydrogen (secondary N) is 1. The minimum absolute atomic E-state index is 0.359. The molecule has 0 radical (unpaired) electrons. The van der Waals surface area contributed by atoms with Crippen LogP contribution in [0.3, 0.4) is 0 Å². The van der Waals surface area contributed by atoms with Crippen LogP contribution in [0.1, 0.15) is 32.1 Å². The van der Waals surface area contributed by atoms with Crippen molar-refractivity contribution in [3.8, 4) is 0 Å². The fourth-order valence-corrected chi connectivity index (χ4v) is 3.35. The van der Waals surface area contributed by atoms with Gasteiger partial charge in [-0.1, -0.05) is 12.8 Å². The quantitative estimate of drug-likeness (QED) is 0.580. The smallest absolute Gasteiger partial charge is 0.322 e. The van der Waals surface area contributed by atoms with E-state index in [4.69, 9.17) is 10.8 Å². The molecule has 0 saturated carbocycles. The maximum Gasteiger partial charge on any atom is 0.322 e. The molecule has 1 atom stereocenters. The zero-order valence-electron chi connectivity index (χ0n) is 10.5. The third kappa shape index (κ3) is 5.13. The van der Waals surface area contributed by atoms with Gasteiger partial charge in [-0.3, -0.25) is 9.59 Å². The van der Waals surface area contributed by atoms with Crippen LogP contribution in [0.2, 0.25) is 0 Å². The van der Waals surface area contributed by atoms with E-state index < -0.39 is 34.5 Å². The number of nitrogens with zero attached hydrogens (tertiary/aromatic N) is 1. The van der Waals surface area contributed by atoms with E-state index in [-0.39, 0.29) is 0 Å². The highest BCUT2D eigenvalue weighted by Gasteiger charge is 2.30. The lowest BCUT2D eigenvalue weighted by Crippen LogP contribution is -2.49. The van der Waals surface area contributed by atoms with E-state index in [1.807, 2.05) is 4.72 Å². The molecule has 110 valence electrons. The van der Waals surface area contributed by atoms with E-state index in [1.165, 1.54) is 4.31 Å². The highest BCUT2D eigenvalue weighted by Crippen LogP contribution is 2.13. The molecule has 9 heteroatoms. The largest absolute Gasteiger partial charge is 0.480 e. The van der Waals surface area contributed by atoms with Crippen molar-refractivity contribution >= 4 is 22.1 Å². The number of rotatable bonds is 6. The number of carboxylic acids is 1. The van der Waals surface area contributed by atoms with Crippen LogP contribution in [0.15, 0.2) is 0 Å². The summed E-state index contributed by atoms with van der Waals surface area (Å²) in [7, 11) is -3.90. The first kappa shape index (κ1) is 15.9. The van der Waals surface area contributed by atoms with Crippen LogP contribution in [0.4, 0.5) is 0 Å². The van der Waals surface area contributed by atoms with Crippen molar-refractivity contribution in [3.05, 3.63) is 0 Å². The lowest BCUT2D eigenvalue weighted by molar-refractivity contribution is -0.140. The minimum atomic E-state index is -3.90. The molecule has 0 aromatic rings. The molecule has 0 unspecified atom stereocenters. The monoisotopic (exact) mass is 293 g/mol. The van der Waals surface area contributed by atoms with Crippen molar-refractivity contribution < 1.29 is 23.1 Å². The summed E-state index contributed by atoms with van der Waals surface area (Å²) in [4.78, 5) is 21.7. The first-order valence-electron chi connectivity index (χ1n) is 6.11. The number of aliphatic carboxylic acids is 1. The zero-order chi connectivity index (χ0) is 14.5. The van der Waals surface area contributed by atoms with Crippen molar-refractivity contribution in [2.45, 2.75) is 38.1 Å². The molecule has 1 amide bonds. The van der Waals surface area contributed by atoms with Gasteiger partial charge in [0.2, 0.25) is 5.91 Å². The predicted molar refractivity (Wildman–Crippen MR) is 67.3 cm³/mol. The Morgan fingerprint density at radius 2 is 1.74 bits per heavy atom. The number of nitrogens with two attached hydrogens (primary N) is 1. The number of hydrogen-bond acceptors (Lipinski definition) is 4. The van der Waals surface area contributed by atoms with Gasteiger partial charge in [0, 0.05) is 13.1 Å². The highest BCUT2D eigenvalue weighted by molar-refractivity contribution is 7.87. The van der Waals surface area contributed by atoms with Gasteiger partial charge in [-0.05, 0) is 12.8 Å². The van der Waals surface area contributed by atoms with Crippen LogP contribution in [0.5, 0.6) is 0 Å². The molecule has 1 aliphatic rings. The number of carbonyl (C=O) groups is 2. The van der Waals surface area contributed by atoms with Crippen LogP contribution < -0.4 is 10.5 Å². The molecule has 0 aromatic carbocycles. The second-order valence-corrected chi connectivity index (χ2v) is 6.20. The van der Waals surface area contributed by atoms with Gasteiger partial charge in [0.25, 0.3) is 10.2 Å². The number of amides is 1. The summed E-state index contributed by atoms with van der Waals surface area (Å²) >= 11 is 0. The van der Waals surface area contributed by atoms with E-state index in [2.05, 4.69) is 0 Å².